The lowest BCUT2D eigenvalue weighted by Crippen LogP contribution is -2.40. The number of carboxylic acid groups (broad SMARTS) is 1. The minimum absolute atomic E-state index is 0.0465. The van der Waals surface area contributed by atoms with E-state index in [1.165, 1.54) is 0 Å². The Bertz CT molecular complexity index is 468. The number of aromatic carboxylic acids is 1. The normalized spacial score (nSPS) is 15.5. The molecule has 1 aromatic rings. The summed E-state index contributed by atoms with van der Waals surface area (Å²) in [4.78, 5) is 24.6. The molecule has 0 spiro atoms. The predicted molar refractivity (Wildman–Crippen MR) is 79.2 cm³/mol. The van der Waals surface area contributed by atoms with Gasteiger partial charge in [-0.2, -0.15) is 11.8 Å². The van der Waals surface area contributed by atoms with E-state index in [2.05, 4.69) is 5.32 Å². The maximum Gasteiger partial charge on any atom is 0.335 e. The molecule has 108 valence electrons. The van der Waals surface area contributed by atoms with Gasteiger partial charge in [0.2, 0.25) is 0 Å². The van der Waals surface area contributed by atoms with Gasteiger partial charge in [0.1, 0.15) is 0 Å². The maximum absolute atomic E-state index is 12.0. The zero-order chi connectivity index (χ0) is 14.4. The SMILES string of the molecule is O=C(O)c1ccc(CNC(=O)N2CCCSCC2)cc1. The van der Waals surface area contributed by atoms with Crippen LogP contribution in [0.15, 0.2) is 24.3 Å². The molecule has 0 aliphatic carbocycles. The Hall–Kier alpha value is -1.69. The van der Waals surface area contributed by atoms with Crippen LogP contribution >= 0.6 is 11.8 Å². The Morgan fingerprint density at radius 2 is 1.95 bits per heavy atom. The Labute approximate surface area is 122 Å². The number of carboxylic acids is 1. The van der Waals surface area contributed by atoms with Crippen molar-refractivity contribution in [3.8, 4) is 0 Å². The molecule has 0 aromatic heterocycles. The summed E-state index contributed by atoms with van der Waals surface area (Å²) in [5.74, 6) is 1.16. The fourth-order valence-corrected chi connectivity index (χ4v) is 2.89. The Kier molecular flexibility index (Phi) is 5.29. The molecule has 0 bridgehead atoms. The number of carbonyl (C=O) groups excluding carboxylic acids is 1. The van der Waals surface area contributed by atoms with Crippen molar-refractivity contribution in [2.24, 2.45) is 0 Å². The minimum Gasteiger partial charge on any atom is -0.478 e. The summed E-state index contributed by atoms with van der Waals surface area (Å²) in [5.41, 5.74) is 1.15. The van der Waals surface area contributed by atoms with Crippen LogP contribution in [0.5, 0.6) is 0 Å². The average molecular weight is 294 g/mol. The van der Waals surface area contributed by atoms with Crippen molar-refractivity contribution in [2.45, 2.75) is 13.0 Å². The summed E-state index contributed by atoms with van der Waals surface area (Å²) in [6.07, 6.45) is 1.03. The van der Waals surface area contributed by atoms with Crippen LogP contribution in [-0.4, -0.2) is 46.6 Å². The fourth-order valence-electron chi connectivity index (χ4n) is 2.00. The first-order valence-corrected chi connectivity index (χ1v) is 7.75. The third-order valence-electron chi connectivity index (χ3n) is 3.15. The fraction of sp³-hybridized carbons (Fsp3) is 0.429. The number of nitrogens with one attached hydrogen (secondary N) is 1. The number of carbonyl (C=O) groups is 2. The molecule has 1 fully saturated rings. The lowest BCUT2D eigenvalue weighted by Gasteiger charge is -2.20. The maximum atomic E-state index is 12.0. The van der Waals surface area contributed by atoms with E-state index in [4.69, 9.17) is 5.11 Å². The molecule has 2 N–H and O–H groups in total. The van der Waals surface area contributed by atoms with Crippen molar-refractivity contribution in [2.75, 3.05) is 24.6 Å². The van der Waals surface area contributed by atoms with Crippen molar-refractivity contribution in [3.05, 3.63) is 35.4 Å². The summed E-state index contributed by atoms with van der Waals surface area (Å²) in [7, 11) is 0. The lowest BCUT2D eigenvalue weighted by molar-refractivity contribution is 0.0697. The molecule has 1 aliphatic rings. The number of hydrogen-bond donors (Lipinski definition) is 2. The van der Waals surface area contributed by atoms with Gasteiger partial charge < -0.3 is 15.3 Å². The Morgan fingerprint density at radius 1 is 1.20 bits per heavy atom. The Morgan fingerprint density at radius 3 is 2.65 bits per heavy atom. The van der Waals surface area contributed by atoms with Gasteiger partial charge in [0.05, 0.1) is 5.56 Å². The first kappa shape index (κ1) is 14.7. The number of amides is 2. The molecule has 20 heavy (non-hydrogen) atoms. The highest BCUT2D eigenvalue weighted by Gasteiger charge is 2.14. The largest absolute Gasteiger partial charge is 0.478 e. The second-order valence-corrected chi connectivity index (χ2v) is 5.84. The van der Waals surface area contributed by atoms with Gasteiger partial charge in [-0.1, -0.05) is 12.1 Å². The van der Waals surface area contributed by atoms with Crippen molar-refractivity contribution in [1.29, 1.82) is 0 Å². The van der Waals surface area contributed by atoms with E-state index in [0.29, 0.717) is 6.54 Å². The molecule has 1 saturated heterocycles. The highest BCUT2D eigenvalue weighted by atomic mass is 32.2. The molecule has 0 saturated carbocycles. The molecule has 1 aromatic carbocycles. The van der Waals surface area contributed by atoms with Gasteiger partial charge in [-0.05, 0) is 29.9 Å². The average Bonchev–Trinajstić information content (AvgIpc) is 2.74. The molecule has 0 unspecified atom stereocenters. The molecule has 2 amide bonds. The van der Waals surface area contributed by atoms with Crippen LogP contribution in [0.3, 0.4) is 0 Å². The van der Waals surface area contributed by atoms with Crippen LogP contribution in [0.4, 0.5) is 4.79 Å². The monoisotopic (exact) mass is 294 g/mol. The molecular formula is C14H18N2O3S. The molecule has 1 heterocycles. The van der Waals surface area contributed by atoms with E-state index < -0.39 is 5.97 Å². The summed E-state index contributed by atoms with van der Waals surface area (Å²) >= 11 is 1.88. The van der Waals surface area contributed by atoms with Crippen LogP contribution in [0.25, 0.3) is 0 Å². The van der Waals surface area contributed by atoms with E-state index in [0.717, 1.165) is 36.6 Å². The number of thioether (sulfide) groups is 1. The van der Waals surface area contributed by atoms with E-state index >= 15 is 0 Å². The summed E-state index contributed by atoms with van der Waals surface area (Å²) in [5, 5.41) is 11.7. The van der Waals surface area contributed by atoms with Gasteiger partial charge in [0, 0.05) is 25.4 Å². The topological polar surface area (TPSA) is 69.6 Å². The molecule has 5 nitrogen and oxygen atoms in total. The van der Waals surface area contributed by atoms with Crippen LogP contribution in [0.2, 0.25) is 0 Å². The van der Waals surface area contributed by atoms with Crippen molar-refractivity contribution in [3.63, 3.8) is 0 Å². The highest BCUT2D eigenvalue weighted by molar-refractivity contribution is 7.99. The standard InChI is InChI=1S/C14H18N2O3S/c17-13(18)12-4-2-11(3-5-12)10-15-14(19)16-6-1-8-20-9-7-16/h2-5H,1,6-10H2,(H,15,19)(H,17,18). The van der Waals surface area contributed by atoms with E-state index in [1.54, 1.807) is 24.3 Å². The summed E-state index contributed by atoms with van der Waals surface area (Å²) < 4.78 is 0. The molecule has 0 radical (unpaired) electrons. The molecular weight excluding hydrogens is 276 g/mol. The molecule has 0 atom stereocenters. The van der Waals surface area contributed by atoms with Crippen LogP contribution in [0, 0.1) is 0 Å². The van der Waals surface area contributed by atoms with Crippen molar-refractivity contribution < 1.29 is 14.7 Å². The first-order valence-electron chi connectivity index (χ1n) is 6.59. The predicted octanol–water partition coefficient (Wildman–Crippen LogP) is 2.03. The third-order valence-corrected chi connectivity index (χ3v) is 4.20. The second-order valence-electron chi connectivity index (χ2n) is 4.61. The van der Waals surface area contributed by atoms with E-state index in [9.17, 15) is 9.59 Å². The highest BCUT2D eigenvalue weighted by Crippen LogP contribution is 2.10. The molecule has 2 rings (SSSR count). The Balaban J connectivity index is 1.84. The quantitative estimate of drug-likeness (QED) is 0.895. The van der Waals surface area contributed by atoms with Crippen molar-refractivity contribution in [1.82, 2.24) is 10.2 Å². The number of benzene rings is 1. The van der Waals surface area contributed by atoms with Gasteiger partial charge in [0.15, 0.2) is 0 Å². The number of rotatable bonds is 3. The van der Waals surface area contributed by atoms with Crippen molar-refractivity contribution >= 4 is 23.8 Å². The first-order chi connectivity index (χ1) is 9.66. The summed E-state index contributed by atoms with van der Waals surface area (Å²) in [6, 6.07) is 6.50. The zero-order valence-corrected chi connectivity index (χ0v) is 12.0. The van der Waals surface area contributed by atoms with Crippen LogP contribution < -0.4 is 5.32 Å². The third kappa shape index (κ3) is 4.16. The number of nitrogens with zero attached hydrogens (tertiary/aromatic N) is 1. The number of urea groups is 1. The van der Waals surface area contributed by atoms with Gasteiger partial charge >= 0.3 is 12.0 Å². The van der Waals surface area contributed by atoms with E-state index in [-0.39, 0.29) is 11.6 Å². The number of hydrogen-bond acceptors (Lipinski definition) is 3. The van der Waals surface area contributed by atoms with Gasteiger partial charge in [-0.15, -0.1) is 0 Å². The van der Waals surface area contributed by atoms with Gasteiger partial charge in [0.25, 0.3) is 0 Å². The van der Waals surface area contributed by atoms with Gasteiger partial charge in [-0.3, -0.25) is 0 Å². The molecule has 1 aliphatic heterocycles. The second kappa shape index (κ2) is 7.19. The van der Waals surface area contributed by atoms with E-state index in [1.807, 2.05) is 16.7 Å². The minimum atomic E-state index is -0.942. The van der Waals surface area contributed by atoms with Crippen LogP contribution in [0.1, 0.15) is 22.3 Å². The van der Waals surface area contributed by atoms with Gasteiger partial charge in [-0.25, -0.2) is 9.59 Å². The zero-order valence-electron chi connectivity index (χ0n) is 11.2. The smallest absolute Gasteiger partial charge is 0.335 e. The molecule has 6 heteroatoms. The lowest BCUT2D eigenvalue weighted by atomic mass is 10.1. The summed E-state index contributed by atoms with van der Waals surface area (Å²) in [6.45, 7) is 2.01. The van der Waals surface area contributed by atoms with Crippen LogP contribution in [-0.2, 0) is 6.54 Å².